The highest BCUT2D eigenvalue weighted by Crippen LogP contribution is 2.27. The monoisotopic (exact) mass is 367 g/mol. The first-order valence-electron chi connectivity index (χ1n) is 10.1. The first-order valence-corrected chi connectivity index (χ1v) is 10.1. The third kappa shape index (κ3) is 7.68. The van der Waals surface area contributed by atoms with Crippen molar-refractivity contribution in [1.82, 2.24) is 4.90 Å². The Balaban J connectivity index is 0.000000290. The van der Waals surface area contributed by atoms with Crippen molar-refractivity contribution >= 4 is 0 Å². The standard InChI is InChI=1S/C16H26O3.C5H11NO/c1-17-15-9-8-13(12-16(15)18-2)10-11-19-14-6-4-3-5-7-14;1-6-2-4-7-5-3-6/h8-9,13-14H,3-7,10-12H2,1-2H3;2-5H2,1H3. The van der Waals surface area contributed by atoms with Gasteiger partial charge in [-0.3, -0.25) is 0 Å². The smallest absolute Gasteiger partial charge is 0.156 e. The second kappa shape index (κ2) is 12.4. The Hall–Kier alpha value is -1.04. The summed E-state index contributed by atoms with van der Waals surface area (Å²) in [7, 11) is 5.51. The summed E-state index contributed by atoms with van der Waals surface area (Å²) >= 11 is 0. The van der Waals surface area contributed by atoms with Gasteiger partial charge in [0, 0.05) is 26.1 Å². The molecule has 0 bridgehead atoms. The van der Waals surface area contributed by atoms with Gasteiger partial charge in [0.1, 0.15) is 5.76 Å². The summed E-state index contributed by atoms with van der Waals surface area (Å²) in [6.07, 6.45) is 13.3. The van der Waals surface area contributed by atoms with E-state index in [1.54, 1.807) is 14.2 Å². The van der Waals surface area contributed by atoms with Gasteiger partial charge in [0.05, 0.1) is 33.5 Å². The van der Waals surface area contributed by atoms with Gasteiger partial charge >= 0.3 is 0 Å². The lowest BCUT2D eigenvalue weighted by molar-refractivity contribution is 0.0226. The maximum absolute atomic E-state index is 5.99. The number of morpholine rings is 1. The van der Waals surface area contributed by atoms with E-state index >= 15 is 0 Å². The molecule has 2 fully saturated rings. The Morgan fingerprint density at radius 3 is 2.38 bits per heavy atom. The van der Waals surface area contributed by atoms with Crippen molar-refractivity contribution < 1.29 is 18.9 Å². The van der Waals surface area contributed by atoms with E-state index in [1.165, 1.54) is 32.1 Å². The highest BCUT2D eigenvalue weighted by atomic mass is 16.5. The summed E-state index contributed by atoms with van der Waals surface area (Å²) in [6.45, 7) is 4.88. The predicted molar refractivity (Wildman–Crippen MR) is 104 cm³/mol. The average molecular weight is 368 g/mol. The van der Waals surface area contributed by atoms with Gasteiger partial charge in [-0.05, 0) is 38.3 Å². The quantitative estimate of drug-likeness (QED) is 0.715. The first kappa shape index (κ1) is 21.3. The molecule has 1 unspecified atom stereocenters. The van der Waals surface area contributed by atoms with E-state index in [2.05, 4.69) is 18.0 Å². The lowest BCUT2D eigenvalue weighted by Crippen LogP contribution is -2.32. The number of nitrogens with zero attached hydrogens (tertiary/aromatic N) is 1. The predicted octanol–water partition coefficient (Wildman–Crippen LogP) is 3.75. The van der Waals surface area contributed by atoms with Crippen LogP contribution in [0, 0.1) is 5.92 Å². The number of rotatable bonds is 6. The molecule has 150 valence electrons. The van der Waals surface area contributed by atoms with Crippen LogP contribution in [-0.2, 0) is 18.9 Å². The van der Waals surface area contributed by atoms with E-state index in [0.717, 1.165) is 57.3 Å². The molecule has 2 aliphatic carbocycles. The normalized spacial score (nSPS) is 24.8. The van der Waals surface area contributed by atoms with Crippen LogP contribution in [0.2, 0.25) is 0 Å². The van der Waals surface area contributed by atoms with E-state index in [-0.39, 0.29) is 0 Å². The molecule has 0 aromatic heterocycles. The minimum atomic E-state index is 0.508. The van der Waals surface area contributed by atoms with Gasteiger partial charge in [0.2, 0.25) is 0 Å². The molecule has 1 saturated heterocycles. The van der Waals surface area contributed by atoms with Crippen LogP contribution >= 0.6 is 0 Å². The molecule has 1 aliphatic heterocycles. The van der Waals surface area contributed by atoms with E-state index < -0.39 is 0 Å². The Labute approximate surface area is 159 Å². The molecular weight excluding hydrogens is 330 g/mol. The van der Waals surface area contributed by atoms with Crippen molar-refractivity contribution in [3.05, 3.63) is 23.7 Å². The maximum atomic E-state index is 5.99. The highest BCUT2D eigenvalue weighted by molar-refractivity contribution is 5.22. The van der Waals surface area contributed by atoms with Gasteiger partial charge in [-0.2, -0.15) is 0 Å². The summed E-state index contributed by atoms with van der Waals surface area (Å²) < 4.78 is 21.7. The molecule has 0 N–H and O–H groups in total. The van der Waals surface area contributed by atoms with Crippen LogP contribution in [-0.4, -0.2) is 65.2 Å². The third-order valence-corrected chi connectivity index (χ3v) is 5.34. The zero-order valence-corrected chi connectivity index (χ0v) is 16.9. The lowest BCUT2D eigenvalue weighted by Gasteiger charge is -2.24. The second-order valence-electron chi connectivity index (χ2n) is 7.35. The third-order valence-electron chi connectivity index (χ3n) is 5.34. The number of hydrogen-bond acceptors (Lipinski definition) is 5. The van der Waals surface area contributed by atoms with Crippen molar-refractivity contribution in [3.8, 4) is 0 Å². The molecule has 3 aliphatic rings. The first-order chi connectivity index (χ1) is 12.7. The van der Waals surface area contributed by atoms with E-state index in [1.807, 2.05) is 6.08 Å². The second-order valence-corrected chi connectivity index (χ2v) is 7.35. The molecule has 1 atom stereocenters. The molecule has 5 nitrogen and oxygen atoms in total. The molecule has 0 aromatic carbocycles. The van der Waals surface area contributed by atoms with Gasteiger partial charge in [-0.15, -0.1) is 0 Å². The van der Waals surface area contributed by atoms with Crippen molar-refractivity contribution in [2.75, 3.05) is 54.2 Å². The SMILES string of the molecule is CN1CCOCC1.COC1=C(OC)CC(CCOC2CCCCC2)C=C1. The number of ether oxygens (including phenoxy) is 4. The zero-order valence-electron chi connectivity index (χ0n) is 16.9. The molecule has 1 heterocycles. The van der Waals surface area contributed by atoms with Crippen LogP contribution in [0.3, 0.4) is 0 Å². The van der Waals surface area contributed by atoms with E-state index in [0.29, 0.717) is 12.0 Å². The Morgan fingerprint density at radius 1 is 1.08 bits per heavy atom. The molecule has 3 rings (SSSR count). The zero-order chi connectivity index (χ0) is 18.6. The minimum Gasteiger partial charge on any atom is -0.497 e. The molecule has 0 spiro atoms. The average Bonchev–Trinajstić information content (AvgIpc) is 2.70. The van der Waals surface area contributed by atoms with Crippen LogP contribution in [0.4, 0.5) is 0 Å². The van der Waals surface area contributed by atoms with Gasteiger partial charge in [0.25, 0.3) is 0 Å². The van der Waals surface area contributed by atoms with E-state index in [9.17, 15) is 0 Å². The molecule has 0 aromatic rings. The van der Waals surface area contributed by atoms with Crippen LogP contribution in [0.25, 0.3) is 0 Å². The molecule has 0 radical (unpaired) electrons. The number of likely N-dealkylation sites (N-methyl/N-ethyl adjacent to an activating group) is 1. The van der Waals surface area contributed by atoms with Gasteiger partial charge in [-0.1, -0.05) is 25.3 Å². The fourth-order valence-electron chi connectivity index (χ4n) is 3.56. The van der Waals surface area contributed by atoms with Gasteiger partial charge in [0.15, 0.2) is 5.76 Å². The summed E-state index contributed by atoms with van der Waals surface area (Å²) in [6, 6.07) is 0. The lowest BCUT2D eigenvalue weighted by atomic mass is 9.95. The van der Waals surface area contributed by atoms with Crippen LogP contribution in [0.15, 0.2) is 23.7 Å². The summed E-state index contributed by atoms with van der Waals surface area (Å²) in [5, 5.41) is 0. The number of hydrogen-bond donors (Lipinski definition) is 0. The molecule has 0 amide bonds. The maximum Gasteiger partial charge on any atom is 0.156 e. The summed E-state index contributed by atoms with van der Waals surface area (Å²) in [4.78, 5) is 2.27. The fraction of sp³-hybridized carbons (Fsp3) is 0.810. The Kier molecular flexibility index (Phi) is 10.1. The number of allylic oxidation sites excluding steroid dienone is 3. The topological polar surface area (TPSA) is 40.2 Å². The van der Waals surface area contributed by atoms with Crippen LogP contribution in [0.1, 0.15) is 44.9 Å². The van der Waals surface area contributed by atoms with Gasteiger partial charge in [-0.25, -0.2) is 0 Å². The number of methoxy groups -OCH3 is 2. The van der Waals surface area contributed by atoms with Crippen LogP contribution < -0.4 is 0 Å². The largest absolute Gasteiger partial charge is 0.497 e. The van der Waals surface area contributed by atoms with Crippen molar-refractivity contribution in [2.45, 2.75) is 51.0 Å². The molecular formula is C21H37NO4. The Bertz CT molecular complexity index is 437. The fourth-order valence-corrected chi connectivity index (χ4v) is 3.56. The minimum absolute atomic E-state index is 0.508. The van der Waals surface area contributed by atoms with Gasteiger partial charge < -0.3 is 23.8 Å². The van der Waals surface area contributed by atoms with Crippen molar-refractivity contribution in [2.24, 2.45) is 5.92 Å². The Morgan fingerprint density at radius 2 is 1.81 bits per heavy atom. The van der Waals surface area contributed by atoms with Crippen molar-refractivity contribution in [1.29, 1.82) is 0 Å². The molecule has 1 saturated carbocycles. The summed E-state index contributed by atoms with van der Waals surface area (Å²) in [5.41, 5.74) is 0. The molecule has 26 heavy (non-hydrogen) atoms. The van der Waals surface area contributed by atoms with Crippen molar-refractivity contribution in [3.63, 3.8) is 0 Å². The van der Waals surface area contributed by atoms with E-state index in [4.69, 9.17) is 18.9 Å². The summed E-state index contributed by atoms with van der Waals surface area (Å²) in [5.74, 6) is 2.32. The molecule has 5 heteroatoms. The van der Waals surface area contributed by atoms with Crippen LogP contribution in [0.5, 0.6) is 0 Å². The highest BCUT2D eigenvalue weighted by Gasteiger charge is 2.19.